The summed E-state index contributed by atoms with van der Waals surface area (Å²) in [5.41, 5.74) is 0. The maximum Gasteiger partial charge on any atom is 0.304 e. The molecular formula is C12H17NO5. The first-order valence-corrected chi connectivity index (χ1v) is 5.98. The minimum Gasteiger partial charge on any atom is -0.481 e. The van der Waals surface area contributed by atoms with Crippen molar-refractivity contribution in [3.05, 3.63) is 10.1 Å². The summed E-state index contributed by atoms with van der Waals surface area (Å²) in [6.07, 6.45) is 1.39. The fraction of sp³-hybridized carbons (Fsp3) is 0.750. The van der Waals surface area contributed by atoms with Gasteiger partial charge in [0.1, 0.15) is 0 Å². The maximum atomic E-state index is 10.5. The lowest BCUT2D eigenvalue weighted by molar-refractivity contribution is -0.489. The standard InChI is InChI=1S/C12H17NO5/c14-11-7-6-9(8-13(17)18)10(11)4-2-1-3-5-12(15)16/h9-11,14H,3-8H2,(H,15,16). The third-order valence-corrected chi connectivity index (χ3v) is 3.24. The van der Waals surface area contributed by atoms with Crippen molar-refractivity contribution in [2.75, 3.05) is 6.54 Å². The minimum atomic E-state index is -0.892. The molecule has 2 N–H and O–H groups in total. The van der Waals surface area contributed by atoms with Gasteiger partial charge in [0.2, 0.25) is 6.54 Å². The van der Waals surface area contributed by atoms with Gasteiger partial charge in [-0.25, -0.2) is 0 Å². The van der Waals surface area contributed by atoms with Gasteiger partial charge in [-0.3, -0.25) is 14.9 Å². The lowest BCUT2D eigenvalue weighted by Crippen LogP contribution is -2.24. The van der Waals surface area contributed by atoms with Crippen LogP contribution >= 0.6 is 0 Å². The molecule has 0 radical (unpaired) electrons. The Hall–Kier alpha value is -1.61. The zero-order valence-corrected chi connectivity index (χ0v) is 10.0. The van der Waals surface area contributed by atoms with Crippen LogP contribution in [0.15, 0.2) is 0 Å². The SMILES string of the molecule is O=C(O)CCC#CCC1C(O)CCC1C[N+](=O)[O-]. The summed E-state index contributed by atoms with van der Waals surface area (Å²) in [6.45, 7) is -0.126. The number of carboxylic acids is 1. The molecule has 100 valence electrons. The molecule has 3 unspecified atom stereocenters. The molecule has 1 rings (SSSR count). The van der Waals surface area contributed by atoms with Crippen LogP contribution in [0.4, 0.5) is 0 Å². The number of nitrogens with zero attached hydrogens (tertiary/aromatic N) is 1. The molecule has 1 aliphatic rings. The highest BCUT2D eigenvalue weighted by Crippen LogP contribution is 2.34. The predicted molar refractivity (Wildman–Crippen MR) is 63.3 cm³/mol. The molecule has 0 aromatic heterocycles. The van der Waals surface area contributed by atoms with Crippen molar-refractivity contribution < 1.29 is 19.9 Å². The number of aliphatic hydroxyl groups excluding tert-OH is 1. The Labute approximate surface area is 105 Å². The van der Waals surface area contributed by atoms with Crippen LogP contribution in [0.1, 0.15) is 32.1 Å². The third kappa shape index (κ3) is 4.72. The Bertz CT molecular complexity index is 370. The molecule has 0 aromatic carbocycles. The Morgan fingerprint density at radius 1 is 1.39 bits per heavy atom. The normalized spacial score (nSPS) is 26.4. The second kappa shape index (κ2) is 6.97. The van der Waals surface area contributed by atoms with Gasteiger partial charge >= 0.3 is 5.97 Å². The Morgan fingerprint density at radius 3 is 2.72 bits per heavy atom. The quantitative estimate of drug-likeness (QED) is 0.432. The number of aliphatic hydroxyl groups is 1. The molecule has 0 spiro atoms. The zero-order chi connectivity index (χ0) is 13.5. The van der Waals surface area contributed by atoms with Crippen molar-refractivity contribution >= 4 is 5.97 Å². The summed E-state index contributed by atoms with van der Waals surface area (Å²) < 4.78 is 0. The molecule has 1 fully saturated rings. The fourth-order valence-corrected chi connectivity index (χ4v) is 2.30. The number of aliphatic carboxylic acids is 1. The van der Waals surface area contributed by atoms with Crippen LogP contribution in [0.2, 0.25) is 0 Å². The molecule has 0 heterocycles. The van der Waals surface area contributed by atoms with Crippen LogP contribution in [0.3, 0.4) is 0 Å². The fourth-order valence-electron chi connectivity index (χ4n) is 2.30. The van der Waals surface area contributed by atoms with Crippen LogP contribution in [-0.4, -0.2) is 33.8 Å². The summed E-state index contributed by atoms with van der Waals surface area (Å²) in [5, 5.41) is 28.6. The van der Waals surface area contributed by atoms with Crippen molar-refractivity contribution in [1.82, 2.24) is 0 Å². The van der Waals surface area contributed by atoms with Crippen molar-refractivity contribution in [2.24, 2.45) is 11.8 Å². The van der Waals surface area contributed by atoms with Gasteiger partial charge < -0.3 is 10.2 Å². The van der Waals surface area contributed by atoms with Crippen LogP contribution in [-0.2, 0) is 4.79 Å². The highest BCUT2D eigenvalue weighted by molar-refractivity contribution is 5.66. The van der Waals surface area contributed by atoms with Crippen molar-refractivity contribution in [3.63, 3.8) is 0 Å². The van der Waals surface area contributed by atoms with Gasteiger partial charge in [-0.2, -0.15) is 0 Å². The number of carboxylic acid groups (broad SMARTS) is 1. The van der Waals surface area contributed by atoms with E-state index in [1.807, 2.05) is 0 Å². The highest BCUT2D eigenvalue weighted by atomic mass is 16.6. The van der Waals surface area contributed by atoms with E-state index in [4.69, 9.17) is 5.11 Å². The van der Waals surface area contributed by atoms with Crippen LogP contribution < -0.4 is 0 Å². The largest absolute Gasteiger partial charge is 0.481 e. The van der Waals surface area contributed by atoms with E-state index in [-0.39, 0.29) is 36.1 Å². The van der Waals surface area contributed by atoms with Crippen LogP contribution in [0.5, 0.6) is 0 Å². The average molecular weight is 255 g/mol. The lowest BCUT2D eigenvalue weighted by atomic mass is 9.92. The Morgan fingerprint density at radius 2 is 2.11 bits per heavy atom. The molecule has 6 nitrogen and oxygen atoms in total. The molecule has 1 saturated carbocycles. The maximum absolute atomic E-state index is 10.5. The smallest absolute Gasteiger partial charge is 0.304 e. The monoisotopic (exact) mass is 255 g/mol. The average Bonchev–Trinajstić information content (AvgIpc) is 2.59. The number of hydrogen-bond acceptors (Lipinski definition) is 4. The molecule has 18 heavy (non-hydrogen) atoms. The molecule has 0 aromatic rings. The molecule has 0 saturated heterocycles. The van der Waals surface area contributed by atoms with Crippen molar-refractivity contribution in [2.45, 2.75) is 38.2 Å². The summed E-state index contributed by atoms with van der Waals surface area (Å²) >= 11 is 0. The van der Waals surface area contributed by atoms with E-state index in [9.17, 15) is 20.0 Å². The molecule has 0 amide bonds. The van der Waals surface area contributed by atoms with E-state index in [0.29, 0.717) is 19.3 Å². The van der Waals surface area contributed by atoms with E-state index in [0.717, 1.165) is 0 Å². The van der Waals surface area contributed by atoms with Gasteiger partial charge in [-0.1, -0.05) is 0 Å². The van der Waals surface area contributed by atoms with E-state index >= 15 is 0 Å². The molecule has 6 heteroatoms. The van der Waals surface area contributed by atoms with Crippen molar-refractivity contribution in [1.29, 1.82) is 0 Å². The Balaban J connectivity index is 2.42. The minimum absolute atomic E-state index is 0.00144. The summed E-state index contributed by atoms with van der Waals surface area (Å²) in [7, 11) is 0. The second-order valence-corrected chi connectivity index (χ2v) is 4.54. The third-order valence-electron chi connectivity index (χ3n) is 3.24. The number of nitro groups is 1. The lowest BCUT2D eigenvalue weighted by Gasteiger charge is -2.16. The highest BCUT2D eigenvalue weighted by Gasteiger charge is 2.37. The van der Waals surface area contributed by atoms with Crippen molar-refractivity contribution in [3.8, 4) is 11.8 Å². The first-order valence-electron chi connectivity index (χ1n) is 5.98. The van der Waals surface area contributed by atoms with E-state index in [1.54, 1.807) is 0 Å². The number of rotatable bonds is 5. The molecule has 3 atom stereocenters. The number of hydrogen-bond donors (Lipinski definition) is 2. The van der Waals surface area contributed by atoms with E-state index in [1.165, 1.54) is 0 Å². The van der Waals surface area contributed by atoms with Gasteiger partial charge in [0.15, 0.2) is 0 Å². The van der Waals surface area contributed by atoms with Gasteiger partial charge in [-0.05, 0) is 12.8 Å². The summed E-state index contributed by atoms with van der Waals surface area (Å²) in [6, 6.07) is 0. The van der Waals surface area contributed by atoms with Gasteiger partial charge in [-0.15, -0.1) is 11.8 Å². The predicted octanol–water partition coefficient (Wildman–Crippen LogP) is 0.909. The van der Waals surface area contributed by atoms with E-state index < -0.39 is 12.1 Å². The molecule has 0 aliphatic heterocycles. The molecular weight excluding hydrogens is 238 g/mol. The molecule has 0 bridgehead atoms. The van der Waals surface area contributed by atoms with E-state index in [2.05, 4.69) is 11.8 Å². The summed E-state index contributed by atoms with van der Waals surface area (Å²) in [5.74, 6) is 4.37. The van der Waals surface area contributed by atoms with Gasteiger partial charge in [0.25, 0.3) is 0 Å². The Kier molecular flexibility index (Phi) is 5.59. The topological polar surface area (TPSA) is 101 Å². The van der Waals surface area contributed by atoms with Crippen LogP contribution in [0, 0.1) is 33.8 Å². The number of carbonyl (C=O) groups is 1. The summed E-state index contributed by atoms with van der Waals surface area (Å²) in [4.78, 5) is 20.4. The molecule has 1 aliphatic carbocycles. The zero-order valence-electron chi connectivity index (χ0n) is 10.0. The second-order valence-electron chi connectivity index (χ2n) is 4.54. The van der Waals surface area contributed by atoms with Gasteiger partial charge in [0, 0.05) is 29.6 Å². The van der Waals surface area contributed by atoms with Crippen LogP contribution in [0.25, 0.3) is 0 Å². The first-order chi connectivity index (χ1) is 8.50. The first kappa shape index (κ1) is 14.5. The van der Waals surface area contributed by atoms with Gasteiger partial charge in [0.05, 0.1) is 12.5 Å².